The fourth-order valence-electron chi connectivity index (χ4n) is 2.46. The van der Waals surface area contributed by atoms with Gasteiger partial charge in [0.15, 0.2) is 0 Å². The third-order valence-electron chi connectivity index (χ3n) is 3.74. The van der Waals surface area contributed by atoms with E-state index < -0.39 is 21.6 Å². The Hall–Kier alpha value is -1.11. The Bertz CT molecular complexity index is 463. The SMILES string of the molecule is CCCCCCCCCS(=N)(=N)CC(=O)N[C@H]1CCOC1=O. The average molecular weight is 331 g/mol. The topological polar surface area (TPSA) is 103 Å². The molecule has 0 unspecified atom stereocenters. The minimum Gasteiger partial charge on any atom is -0.464 e. The molecule has 3 N–H and O–H groups in total. The first-order valence-electron chi connectivity index (χ1n) is 8.18. The summed E-state index contributed by atoms with van der Waals surface area (Å²) in [5.41, 5.74) is 0. The summed E-state index contributed by atoms with van der Waals surface area (Å²) in [6.45, 7) is 2.52. The molecule has 1 amide bonds. The monoisotopic (exact) mass is 331 g/mol. The highest BCUT2D eigenvalue weighted by molar-refractivity contribution is 7.94. The standard InChI is InChI=1S/C15H29N3O3S/c1-2-3-4-5-6-7-8-11-22(16,17)12-14(19)18-13-9-10-21-15(13)20/h13,16-17H,2-12H2,1H3,(H,18,19)/t13-/m0/s1. The summed E-state index contributed by atoms with van der Waals surface area (Å²) in [4.78, 5) is 23.1. The molecule has 1 rings (SSSR count). The lowest BCUT2D eigenvalue weighted by atomic mass is 10.1. The van der Waals surface area contributed by atoms with Gasteiger partial charge in [-0.15, -0.1) is 0 Å². The number of nitrogens with one attached hydrogen (secondary N) is 3. The molecule has 0 bridgehead atoms. The number of carbonyl (C=O) groups excluding carboxylic acids is 2. The lowest BCUT2D eigenvalue weighted by molar-refractivity contribution is -0.141. The number of carbonyl (C=O) groups is 2. The van der Waals surface area contributed by atoms with Gasteiger partial charge >= 0.3 is 5.97 Å². The summed E-state index contributed by atoms with van der Waals surface area (Å²) in [5.74, 6) is -0.404. The highest BCUT2D eigenvalue weighted by Crippen LogP contribution is 2.09. The Morgan fingerprint density at radius 3 is 2.45 bits per heavy atom. The van der Waals surface area contributed by atoms with Gasteiger partial charge in [-0.25, -0.2) is 4.79 Å². The smallest absolute Gasteiger partial charge is 0.328 e. The first-order chi connectivity index (χ1) is 10.4. The second-order valence-corrected chi connectivity index (χ2v) is 8.39. The van der Waals surface area contributed by atoms with Crippen LogP contribution in [0.15, 0.2) is 0 Å². The number of esters is 1. The van der Waals surface area contributed by atoms with Crippen LogP contribution in [-0.2, 0) is 23.9 Å². The Morgan fingerprint density at radius 2 is 1.86 bits per heavy atom. The maximum atomic E-state index is 11.8. The van der Waals surface area contributed by atoms with Crippen molar-refractivity contribution in [2.24, 2.45) is 0 Å². The van der Waals surface area contributed by atoms with Gasteiger partial charge in [0, 0.05) is 12.2 Å². The Balaban J connectivity index is 2.17. The molecule has 0 spiro atoms. The molecule has 0 saturated carbocycles. The van der Waals surface area contributed by atoms with E-state index in [4.69, 9.17) is 14.3 Å². The zero-order chi connectivity index (χ0) is 16.4. The van der Waals surface area contributed by atoms with Crippen LogP contribution >= 0.6 is 0 Å². The van der Waals surface area contributed by atoms with Gasteiger partial charge in [-0.1, -0.05) is 55.1 Å². The molecule has 6 nitrogen and oxygen atoms in total. The summed E-state index contributed by atoms with van der Waals surface area (Å²) in [5, 5.41) is 2.58. The quantitative estimate of drug-likeness (QED) is 0.400. The summed E-state index contributed by atoms with van der Waals surface area (Å²) < 4.78 is 20.8. The van der Waals surface area contributed by atoms with Crippen molar-refractivity contribution in [1.82, 2.24) is 5.32 Å². The van der Waals surface area contributed by atoms with Crippen molar-refractivity contribution in [2.75, 3.05) is 18.1 Å². The third-order valence-corrected chi connectivity index (χ3v) is 5.49. The van der Waals surface area contributed by atoms with E-state index in [2.05, 4.69) is 12.2 Å². The Morgan fingerprint density at radius 1 is 1.23 bits per heavy atom. The highest BCUT2D eigenvalue weighted by Gasteiger charge is 2.28. The molecule has 0 aliphatic carbocycles. The van der Waals surface area contributed by atoms with Gasteiger partial charge in [-0.2, -0.15) is 0 Å². The maximum absolute atomic E-state index is 11.8. The van der Waals surface area contributed by atoms with Gasteiger partial charge in [0.2, 0.25) is 5.91 Å². The predicted molar refractivity (Wildman–Crippen MR) is 88.0 cm³/mol. The normalized spacial score (nSPS) is 18.2. The highest BCUT2D eigenvalue weighted by atomic mass is 32.2. The molecule has 1 heterocycles. The fraction of sp³-hybridized carbons (Fsp3) is 0.867. The van der Waals surface area contributed by atoms with Crippen molar-refractivity contribution in [1.29, 1.82) is 9.56 Å². The van der Waals surface area contributed by atoms with Crippen molar-refractivity contribution in [2.45, 2.75) is 64.3 Å². The van der Waals surface area contributed by atoms with Crippen LogP contribution in [0.4, 0.5) is 0 Å². The number of hydrogen-bond donors (Lipinski definition) is 3. The van der Waals surface area contributed by atoms with Gasteiger partial charge in [-0.05, 0) is 6.42 Å². The van der Waals surface area contributed by atoms with Crippen LogP contribution in [0.3, 0.4) is 0 Å². The minimum atomic E-state index is -2.40. The van der Waals surface area contributed by atoms with Crippen molar-refractivity contribution in [3.8, 4) is 0 Å². The summed E-state index contributed by atoms with van der Waals surface area (Å²) in [6.07, 6.45) is 8.50. The van der Waals surface area contributed by atoms with Crippen LogP contribution in [0.5, 0.6) is 0 Å². The number of unbranched alkanes of at least 4 members (excludes halogenated alkanes) is 6. The number of amides is 1. The largest absolute Gasteiger partial charge is 0.464 e. The Labute approximate surface area is 133 Å². The third kappa shape index (κ3) is 7.77. The molecule has 0 aromatic rings. The summed E-state index contributed by atoms with van der Waals surface area (Å²) in [6, 6.07) is -0.582. The van der Waals surface area contributed by atoms with Crippen LogP contribution in [0.2, 0.25) is 0 Å². The first-order valence-corrected chi connectivity index (χ1v) is 10.2. The van der Waals surface area contributed by atoms with Crippen molar-refractivity contribution in [3.05, 3.63) is 0 Å². The molecule has 0 aromatic carbocycles. The lowest BCUT2D eigenvalue weighted by Gasteiger charge is -2.13. The predicted octanol–water partition coefficient (Wildman–Crippen LogP) is 2.85. The van der Waals surface area contributed by atoms with Gasteiger partial charge in [0.05, 0.1) is 12.4 Å². The molecule has 1 atom stereocenters. The van der Waals surface area contributed by atoms with Gasteiger partial charge < -0.3 is 10.1 Å². The van der Waals surface area contributed by atoms with Crippen LogP contribution in [0.25, 0.3) is 0 Å². The second-order valence-electron chi connectivity index (χ2n) is 5.93. The van der Waals surface area contributed by atoms with E-state index in [1.165, 1.54) is 25.7 Å². The maximum Gasteiger partial charge on any atom is 0.328 e. The van der Waals surface area contributed by atoms with E-state index in [9.17, 15) is 9.59 Å². The molecule has 22 heavy (non-hydrogen) atoms. The van der Waals surface area contributed by atoms with E-state index in [0.29, 0.717) is 18.8 Å². The molecular weight excluding hydrogens is 302 g/mol. The minimum absolute atomic E-state index is 0.105. The van der Waals surface area contributed by atoms with Crippen molar-refractivity contribution < 1.29 is 14.3 Å². The first kappa shape index (κ1) is 18.9. The molecule has 1 aliphatic rings. The molecule has 1 fully saturated rings. The van der Waals surface area contributed by atoms with Crippen LogP contribution in [0.1, 0.15) is 58.3 Å². The van der Waals surface area contributed by atoms with Crippen LogP contribution in [-0.4, -0.2) is 36.0 Å². The van der Waals surface area contributed by atoms with E-state index in [-0.39, 0.29) is 11.7 Å². The number of ether oxygens (including phenoxy) is 1. The average Bonchev–Trinajstić information content (AvgIpc) is 2.82. The summed E-state index contributed by atoms with van der Waals surface area (Å²) >= 11 is 0. The number of rotatable bonds is 11. The molecule has 0 aromatic heterocycles. The zero-order valence-electron chi connectivity index (χ0n) is 13.5. The summed E-state index contributed by atoms with van der Waals surface area (Å²) in [7, 11) is -2.40. The second kappa shape index (κ2) is 9.82. The lowest BCUT2D eigenvalue weighted by Crippen LogP contribution is -2.41. The van der Waals surface area contributed by atoms with E-state index in [1.807, 2.05) is 0 Å². The molecule has 7 heteroatoms. The fourth-order valence-corrected chi connectivity index (χ4v) is 3.84. The molecule has 0 radical (unpaired) electrons. The van der Waals surface area contributed by atoms with Gasteiger partial charge in [-0.3, -0.25) is 14.4 Å². The number of hydrogen-bond acceptors (Lipinski definition) is 5. The van der Waals surface area contributed by atoms with Crippen LogP contribution < -0.4 is 5.32 Å². The van der Waals surface area contributed by atoms with E-state index >= 15 is 0 Å². The van der Waals surface area contributed by atoms with E-state index in [0.717, 1.165) is 19.3 Å². The van der Waals surface area contributed by atoms with E-state index in [1.54, 1.807) is 0 Å². The van der Waals surface area contributed by atoms with Crippen LogP contribution in [0, 0.1) is 9.56 Å². The van der Waals surface area contributed by atoms with Crippen molar-refractivity contribution in [3.63, 3.8) is 0 Å². The zero-order valence-corrected chi connectivity index (χ0v) is 14.3. The Kier molecular flexibility index (Phi) is 8.45. The molecule has 1 saturated heterocycles. The van der Waals surface area contributed by atoms with Gasteiger partial charge in [0.25, 0.3) is 0 Å². The molecular formula is C15H29N3O3S. The van der Waals surface area contributed by atoms with Gasteiger partial charge in [0.1, 0.15) is 6.04 Å². The molecule has 128 valence electrons. The number of cyclic esters (lactones) is 1. The van der Waals surface area contributed by atoms with Crippen molar-refractivity contribution >= 4 is 21.5 Å². The molecule has 1 aliphatic heterocycles.